The molecule has 0 bridgehead atoms. The third-order valence-electron chi connectivity index (χ3n) is 6.01. The van der Waals surface area contributed by atoms with Crippen molar-refractivity contribution in [3.05, 3.63) is 37.7 Å². The monoisotopic (exact) mass is 459 g/mol. The highest BCUT2D eigenvalue weighted by molar-refractivity contribution is 7.13. The van der Waals surface area contributed by atoms with Gasteiger partial charge >= 0.3 is 5.69 Å². The van der Waals surface area contributed by atoms with Crippen molar-refractivity contribution in [2.75, 3.05) is 18.4 Å². The molecule has 0 radical (unpaired) electrons. The molecule has 0 spiro atoms. The number of imidazole rings is 1. The summed E-state index contributed by atoms with van der Waals surface area (Å²) in [5.74, 6) is 0.716. The average molecular weight is 460 g/mol. The molecule has 32 heavy (non-hydrogen) atoms. The van der Waals surface area contributed by atoms with Crippen LogP contribution in [0.1, 0.15) is 44.1 Å². The van der Waals surface area contributed by atoms with Crippen LogP contribution in [0, 0.1) is 12.8 Å². The predicted octanol–water partition coefficient (Wildman–Crippen LogP) is 1.84. The minimum Gasteiger partial charge on any atom is -0.324 e. The number of piperidine rings is 1. The molecule has 0 saturated carbocycles. The van der Waals surface area contributed by atoms with Crippen LogP contribution in [0.4, 0.5) is 5.13 Å². The maximum Gasteiger partial charge on any atom is 0.330 e. The SMILES string of the molecule is CCCCn1c(=O)[nH]c(=O)c2c1nc(CN1CCC(C(=O)Nc3nc(C)cs3)CC1)n2C. The second-order valence-corrected chi connectivity index (χ2v) is 9.22. The number of aryl methyl sites for hydroxylation is 3. The van der Waals surface area contributed by atoms with E-state index in [1.165, 1.54) is 11.3 Å². The van der Waals surface area contributed by atoms with E-state index in [2.05, 4.69) is 32.1 Å². The van der Waals surface area contributed by atoms with E-state index in [0.717, 1.165) is 50.3 Å². The fourth-order valence-corrected chi connectivity index (χ4v) is 4.82. The summed E-state index contributed by atoms with van der Waals surface area (Å²) in [5.41, 5.74) is 0.942. The van der Waals surface area contributed by atoms with Gasteiger partial charge in [-0.25, -0.2) is 14.8 Å². The number of nitrogens with zero attached hydrogens (tertiary/aromatic N) is 5. The molecule has 1 aliphatic rings. The van der Waals surface area contributed by atoms with E-state index in [1.807, 2.05) is 19.4 Å². The molecular weight excluding hydrogens is 430 g/mol. The lowest BCUT2D eigenvalue weighted by molar-refractivity contribution is -0.121. The first-order valence-corrected chi connectivity index (χ1v) is 11.9. The first-order valence-electron chi connectivity index (χ1n) is 11.0. The minimum absolute atomic E-state index is 0.0215. The molecule has 10 nitrogen and oxygen atoms in total. The number of aromatic nitrogens is 5. The standard InChI is InChI=1S/C21H29N7O3S/c1-4-5-8-28-17-16(19(30)25-21(28)31)26(3)15(23-17)11-27-9-6-14(7-10-27)18(29)24-20-22-13(2)12-32-20/h12,14H,4-11H2,1-3H3,(H,22,24,29)(H,25,30,31). The van der Waals surface area contributed by atoms with Crippen LogP contribution >= 0.6 is 11.3 Å². The molecule has 1 saturated heterocycles. The van der Waals surface area contributed by atoms with E-state index in [0.29, 0.717) is 29.4 Å². The molecule has 0 unspecified atom stereocenters. The van der Waals surface area contributed by atoms with E-state index in [1.54, 1.807) is 9.13 Å². The average Bonchev–Trinajstić information content (AvgIpc) is 3.31. The number of unbranched alkanes of at least 4 members (excludes halogenated alkanes) is 1. The van der Waals surface area contributed by atoms with Crippen LogP contribution < -0.4 is 16.6 Å². The first-order chi connectivity index (χ1) is 15.4. The normalized spacial score (nSPS) is 15.5. The molecule has 1 aliphatic heterocycles. The van der Waals surface area contributed by atoms with Gasteiger partial charge in [0, 0.05) is 24.9 Å². The number of thiazole rings is 1. The summed E-state index contributed by atoms with van der Waals surface area (Å²) in [6, 6.07) is 0. The topological polar surface area (TPSA) is 118 Å². The second-order valence-electron chi connectivity index (χ2n) is 8.36. The van der Waals surface area contributed by atoms with Crippen molar-refractivity contribution >= 4 is 33.5 Å². The Kier molecular flexibility index (Phi) is 6.56. The van der Waals surface area contributed by atoms with Crippen LogP contribution in [0.15, 0.2) is 15.0 Å². The molecule has 4 rings (SSSR count). The number of likely N-dealkylation sites (tertiary alicyclic amines) is 1. The van der Waals surface area contributed by atoms with E-state index in [-0.39, 0.29) is 11.8 Å². The van der Waals surface area contributed by atoms with Crippen molar-refractivity contribution in [2.45, 2.75) is 52.6 Å². The van der Waals surface area contributed by atoms with E-state index in [4.69, 9.17) is 0 Å². The van der Waals surface area contributed by atoms with Gasteiger partial charge in [0.05, 0.1) is 12.2 Å². The van der Waals surface area contributed by atoms with Crippen molar-refractivity contribution in [2.24, 2.45) is 13.0 Å². The Labute approximate surface area is 189 Å². The Bertz CT molecular complexity index is 1230. The van der Waals surface area contributed by atoms with Gasteiger partial charge < -0.3 is 9.88 Å². The van der Waals surface area contributed by atoms with Crippen molar-refractivity contribution in [3.8, 4) is 0 Å². The zero-order chi connectivity index (χ0) is 22.8. The fourth-order valence-electron chi connectivity index (χ4n) is 4.13. The number of rotatable bonds is 7. The van der Waals surface area contributed by atoms with E-state index >= 15 is 0 Å². The molecule has 1 fully saturated rings. The fraction of sp³-hybridized carbons (Fsp3) is 0.571. The summed E-state index contributed by atoms with van der Waals surface area (Å²) in [4.78, 5) is 50.9. The Morgan fingerprint density at radius 2 is 2.03 bits per heavy atom. The van der Waals surface area contributed by atoms with Crippen LogP contribution in [0.2, 0.25) is 0 Å². The Balaban J connectivity index is 1.45. The number of fused-ring (bicyclic) bond motifs is 1. The molecule has 3 aromatic rings. The largest absolute Gasteiger partial charge is 0.330 e. The Morgan fingerprint density at radius 1 is 1.28 bits per heavy atom. The summed E-state index contributed by atoms with van der Waals surface area (Å²) in [7, 11) is 1.81. The number of anilines is 1. The predicted molar refractivity (Wildman–Crippen MR) is 124 cm³/mol. The van der Waals surface area contributed by atoms with Gasteiger partial charge in [0.1, 0.15) is 5.82 Å². The third-order valence-corrected chi connectivity index (χ3v) is 6.89. The highest BCUT2D eigenvalue weighted by Crippen LogP contribution is 2.23. The van der Waals surface area contributed by atoms with Gasteiger partial charge in [-0.05, 0) is 39.3 Å². The molecule has 11 heteroatoms. The smallest absolute Gasteiger partial charge is 0.324 e. The number of amides is 1. The highest BCUT2D eigenvalue weighted by atomic mass is 32.1. The second kappa shape index (κ2) is 9.37. The lowest BCUT2D eigenvalue weighted by atomic mass is 9.96. The highest BCUT2D eigenvalue weighted by Gasteiger charge is 2.27. The molecule has 172 valence electrons. The molecule has 0 aromatic carbocycles. The van der Waals surface area contributed by atoms with Crippen LogP contribution in [0.25, 0.3) is 11.2 Å². The van der Waals surface area contributed by atoms with Gasteiger partial charge in [0.2, 0.25) is 5.91 Å². The van der Waals surface area contributed by atoms with Crippen LogP contribution in [0.3, 0.4) is 0 Å². The maximum atomic E-state index is 12.6. The summed E-state index contributed by atoms with van der Waals surface area (Å²) in [6.07, 6.45) is 3.28. The van der Waals surface area contributed by atoms with E-state index in [9.17, 15) is 14.4 Å². The van der Waals surface area contributed by atoms with Crippen LogP contribution in [-0.2, 0) is 24.9 Å². The maximum absolute atomic E-state index is 12.6. The number of aromatic amines is 1. The molecule has 4 heterocycles. The zero-order valence-electron chi connectivity index (χ0n) is 18.7. The van der Waals surface area contributed by atoms with E-state index < -0.39 is 11.2 Å². The molecule has 0 aliphatic carbocycles. The van der Waals surface area contributed by atoms with Gasteiger partial charge in [0.25, 0.3) is 5.56 Å². The third kappa shape index (κ3) is 4.53. The van der Waals surface area contributed by atoms with Crippen molar-refractivity contribution in [3.63, 3.8) is 0 Å². The number of hydrogen-bond acceptors (Lipinski definition) is 7. The van der Waals surface area contributed by atoms with Gasteiger partial charge in [-0.2, -0.15) is 0 Å². The van der Waals surface area contributed by atoms with Gasteiger partial charge in [-0.15, -0.1) is 11.3 Å². The van der Waals surface area contributed by atoms with Crippen molar-refractivity contribution < 1.29 is 4.79 Å². The lowest BCUT2D eigenvalue weighted by Crippen LogP contribution is -2.38. The summed E-state index contributed by atoms with van der Waals surface area (Å²) in [5, 5.41) is 5.49. The number of hydrogen-bond donors (Lipinski definition) is 2. The van der Waals surface area contributed by atoms with Gasteiger partial charge in [-0.3, -0.25) is 24.0 Å². The van der Waals surface area contributed by atoms with Crippen molar-refractivity contribution in [1.29, 1.82) is 0 Å². The van der Waals surface area contributed by atoms with Gasteiger partial charge in [-0.1, -0.05) is 13.3 Å². The molecular formula is C21H29N7O3S. The molecule has 3 aromatic heterocycles. The van der Waals surface area contributed by atoms with Crippen molar-refractivity contribution in [1.82, 2.24) is 29.0 Å². The molecule has 0 atom stereocenters. The Hall–Kier alpha value is -2.79. The molecule has 1 amide bonds. The summed E-state index contributed by atoms with van der Waals surface area (Å²) in [6.45, 7) is 6.57. The first kappa shape index (κ1) is 22.4. The number of carbonyl (C=O) groups excluding carboxylic acids is 1. The van der Waals surface area contributed by atoms with Crippen LogP contribution in [-0.4, -0.2) is 48.0 Å². The van der Waals surface area contributed by atoms with Crippen LogP contribution in [0.5, 0.6) is 0 Å². The zero-order valence-corrected chi connectivity index (χ0v) is 19.5. The minimum atomic E-state index is -0.414. The number of nitrogens with one attached hydrogen (secondary N) is 2. The number of H-pyrrole nitrogens is 1. The lowest BCUT2D eigenvalue weighted by Gasteiger charge is -2.30. The summed E-state index contributed by atoms with van der Waals surface area (Å²) >= 11 is 1.44. The summed E-state index contributed by atoms with van der Waals surface area (Å²) < 4.78 is 3.33. The van der Waals surface area contributed by atoms with Gasteiger partial charge in [0.15, 0.2) is 16.3 Å². The number of carbonyl (C=O) groups is 1. The quantitative estimate of drug-likeness (QED) is 0.557. The molecule has 2 N–H and O–H groups in total. The Morgan fingerprint density at radius 3 is 2.69 bits per heavy atom.